The number of carbonyl (C=O) groups excluding carboxylic acids is 1. The number of aromatic nitrogens is 1. The van der Waals surface area contributed by atoms with Crippen LogP contribution in [0.4, 0.5) is 0 Å². The van der Waals surface area contributed by atoms with Gasteiger partial charge in [0.05, 0.1) is 35.1 Å². The summed E-state index contributed by atoms with van der Waals surface area (Å²) in [7, 11) is 0. The Morgan fingerprint density at radius 1 is 1.16 bits per heavy atom. The average molecular weight is 521 g/mol. The maximum Gasteiger partial charge on any atom is 0.338 e. The number of phenols is 1. The molecule has 8 nitrogen and oxygen atoms in total. The van der Waals surface area contributed by atoms with Crippen molar-refractivity contribution < 1.29 is 24.1 Å². The topological polar surface area (TPSA) is 99.4 Å². The number of hydrogen-bond acceptors (Lipinski definition) is 8. The molecule has 0 aliphatic carbocycles. The van der Waals surface area contributed by atoms with Gasteiger partial charge in [0, 0.05) is 0 Å². The molecule has 0 fully saturated rings. The van der Waals surface area contributed by atoms with E-state index >= 15 is 0 Å². The monoisotopic (exact) mass is 520 g/mol. The van der Waals surface area contributed by atoms with Crippen molar-refractivity contribution in [3.8, 4) is 17.2 Å². The van der Waals surface area contributed by atoms with Gasteiger partial charge in [-0.15, -0.1) is 0 Å². The van der Waals surface area contributed by atoms with Crippen molar-refractivity contribution in [1.82, 2.24) is 4.57 Å². The van der Waals surface area contributed by atoms with Crippen molar-refractivity contribution in [2.24, 2.45) is 4.99 Å². The van der Waals surface area contributed by atoms with Crippen LogP contribution in [0, 0.1) is 0 Å². The molecule has 2 aromatic carbocycles. The number of allylic oxidation sites excluding steroid dienone is 1. The van der Waals surface area contributed by atoms with Crippen LogP contribution in [0.25, 0.3) is 6.08 Å². The third kappa shape index (κ3) is 5.36. The van der Waals surface area contributed by atoms with Crippen molar-refractivity contribution in [3.63, 3.8) is 0 Å². The number of benzene rings is 2. The summed E-state index contributed by atoms with van der Waals surface area (Å²) in [6, 6.07) is 11.4. The highest BCUT2D eigenvalue weighted by molar-refractivity contribution is 7.07. The molecule has 0 saturated carbocycles. The lowest BCUT2D eigenvalue weighted by Gasteiger charge is -2.24. The first-order valence-electron chi connectivity index (χ1n) is 11.9. The molecular weight excluding hydrogens is 492 g/mol. The molecule has 1 aliphatic heterocycles. The van der Waals surface area contributed by atoms with Gasteiger partial charge >= 0.3 is 5.97 Å². The van der Waals surface area contributed by atoms with Crippen LogP contribution >= 0.6 is 11.3 Å². The van der Waals surface area contributed by atoms with E-state index in [2.05, 4.69) is 11.6 Å². The first kappa shape index (κ1) is 26.0. The van der Waals surface area contributed by atoms with Gasteiger partial charge in [0.15, 0.2) is 16.3 Å². The second-order valence-corrected chi connectivity index (χ2v) is 9.14. The summed E-state index contributed by atoms with van der Waals surface area (Å²) in [4.78, 5) is 31.9. The molecule has 37 heavy (non-hydrogen) atoms. The highest BCUT2D eigenvalue weighted by atomic mass is 32.1. The van der Waals surface area contributed by atoms with Gasteiger partial charge in [-0.1, -0.05) is 42.2 Å². The Hall–Kier alpha value is -4.11. The third-order valence-corrected chi connectivity index (χ3v) is 6.65. The van der Waals surface area contributed by atoms with Crippen molar-refractivity contribution in [3.05, 3.63) is 97.2 Å². The summed E-state index contributed by atoms with van der Waals surface area (Å²) in [6.45, 7) is 10.0. The van der Waals surface area contributed by atoms with Crippen molar-refractivity contribution in [2.45, 2.75) is 26.8 Å². The van der Waals surface area contributed by atoms with E-state index in [0.29, 0.717) is 45.3 Å². The standard InChI is InChI=1S/C28H28N2O6S/c1-5-14-36-27(33)24-17(4)29-28-30(25(24)19-9-11-20(12-10-19)34-6-2)26(32)23(37-28)16-18-8-13-21(31)22(15-18)35-7-3/h5,8-13,15-16,25,31H,1,6-7,14H2,2-4H3/b23-16-. The smallest absolute Gasteiger partial charge is 0.338 e. The van der Waals surface area contributed by atoms with E-state index in [4.69, 9.17) is 14.2 Å². The van der Waals surface area contributed by atoms with Crippen molar-refractivity contribution in [1.29, 1.82) is 0 Å². The zero-order valence-corrected chi connectivity index (χ0v) is 21.7. The Labute approximate surface area is 218 Å². The van der Waals surface area contributed by atoms with E-state index in [9.17, 15) is 14.7 Å². The number of ether oxygens (including phenoxy) is 3. The van der Waals surface area contributed by atoms with Crippen LogP contribution in [0.15, 0.2) is 76.2 Å². The predicted molar refractivity (Wildman–Crippen MR) is 142 cm³/mol. The van der Waals surface area contributed by atoms with Crippen LogP contribution < -0.4 is 24.4 Å². The molecule has 1 unspecified atom stereocenters. The molecule has 2 heterocycles. The van der Waals surface area contributed by atoms with E-state index in [1.165, 1.54) is 28.0 Å². The van der Waals surface area contributed by atoms with E-state index in [0.717, 1.165) is 5.56 Å². The Balaban J connectivity index is 1.88. The van der Waals surface area contributed by atoms with Gasteiger partial charge in [-0.3, -0.25) is 9.36 Å². The van der Waals surface area contributed by atoms with Crippen molar-refractivity contribution in [2.75, 3.05) is 19.8 Å². The minimum absolute atomic E-state index is 0.0225. The summed E-state index contributed by atoms with van der Waals surface area (Å²) in [5.74, 6) is 0.482. The summed E-state index contributed by atoms with van der Waals surface area (Å²) in [5.41, 5.74) is 1.87. The van der Waals surface area contributed by atoms with E-state index < -0.39 is 12.0 Å². The quantitative estimate of drug-likeness (QED) is 0.343. The predicted octanol–water partition coefficient (Wildman–Crippen LogP) is 3.47. The molecule has 1 N–H and O–H groups in total. The lowest BCUT2D eigenvalue weighted by molar-refractivity contribution is -0.138. The first-order chi connectivity index (χ1) is 17.9. The fourth-order valence-electron chi connectivity index (χ4n) is 4.07. The molecule has 0 spiro atoms. The molecule has 1 atom stereocenters. The second kappa shape index (κ2) is 11.3. The SMILES string of the molecule is C=CCOC(=O)C1=C(C)N=c2s/c(=C\c3ccc(O)c(OCC)c3)c(=O)n2C1c1ccc(OCC)cc1. The Morgan fingerprint density at radius 3 is 2.57 bits per heavy atom. The molecule has 0 amide bonds. The fourth-order valence-corrected chi connectivity index (χ4v) is 5.11. The summed E-state index contributed by atoms with van der Waals surface area (Å²) in [6.07, 6.45) is 3.21. The highest BCUT2D eigenvalue weighted by Gasteiger charge is 2.33. The van der Waals surface area contributed by atoms with Gasteiger partial charge in [0.25, 0.3) is 5.56 Å². The lowest BCUT2D eigenvalue weighted by atomic mass is 9.96. The lowest BCUT2D eigenvalue weighted by Crippen LogP contribution is -2.39. The fraction of sp³-hybridized carbons (Fsp3) is 0.250. The molecule has 3 aromatic rings. The summed E-state index contributed by atoms with van der Waals surface area (Å²) < 4.78 is 18.3. The number of nitrogens with zero attached hydrogens (tertiary/aromatic N) is 2. The van der Waals surface area contributed by atoms with Crippen LogP contribution in [0.3, 0.4) is 0 Å². The van der Waals surface area contributed by atoms with E-state index in [1.807, 2.05) is 38.1 Å². The zero-order valence-electron chi connectivity index (χ0n) is 20.9. The maximum absolute atomic E-state index is 13.7. The number of carbonyl (C=O) groups is 1. The van der Waals surface area contributed by atoms with Gasteiger partial charge in [-0.05, 0) is 62.2 Å². The van der Waals surface area contributed by atoms with E-state index in [-0.39, 0.29) is 23.5 Å². The van der Waals surface area contributed by atoms with Gasteiger partial charge in [0.2, 0.25) is 0 Å². The van der Waals surface area contributed by atoms with Crippen LogP contribution in [0.2, 0.25) is 0 Å². The molecule has 1 aliphatic rings. The number of aromatic hydroxyl groups is 1. The molecule has 4 rings (SSSR count). The number of phenolic OH excluding ortho intramolecular Hbond substituents is 1. The van der Waals surface area contributed by atoms with Crippen LogP contribution in [0.5, 0.6) is 17.2 Å². The molecule has 0 bridgehead atoms. The van der Waals surface area contributed by atoms with Gasteiger partial charge in [-0.2, -0.15) is 0 Å². The third-order valence-electron chi connectivity index (χ3n) is 5.66. The molecule has 0 saturated heterocycles. The average Bonchev–Trinajstić information content (AvgIpc) is 3.18. The minimum Gasteiger partial charge on any atom is -0.504 e. The zero-order chi connectivity index (χ0) is 26.5. The van der Waals surface area contributed by atoms with Crippen LogP contribution in [-0.2, 0) is 9.53 Å². The molecule has 1 aromatic heterocycles. The highest BCUT2D eigenvalue weighted by Crippen LogP contribution is 2.32. The minimum atomic E-state index is -0.731. The van der Waals surface area contributed by atoms with Crippen molar-refractivity contribution >= 4 is 23.4 Å². The first-order valence-corrected chi connectivity index (χ1v) is 12.7. The van der Waals surface area contributed by atoms with E-state index in [1.54, 1.807) is 25.1 Å². The molecule has 9 heteroatoms. The largest absolute Gasteiger partial charge is 0.504 e. The van der Waals surface area contributed by atoms with Crippen LogP contribution in [0.1, 0.15) is 37.9 Å². The second-order valence-electron chi connectivity index (χ2n) is 8.13. The Morgan fingerprint density at radius 2 is 1.89 bits per heavy atom. The number of esters is 1. The maximum atomic E-state index is 13.7. The molecular formula is C28H28N2O6S. The number of rotatable bonds is 9. The number of fused-ring (bicyclic) bond motifs is 1. The number of hydrogen-bond donors (Lipinski definition) is 1. The molecule has 192 valence electrons. The Kier molecular flexibility index (Phi) is 7.93. The summed E-state index contributed by atoms with van der Waals surface area (Å²) >= 11 is 1.22. The molecule has 0 radical (unpaired) electrons. The Bertz CT molecular complexity index is 1530. The van der Waals surface area contributed by atoms with Gasteiger partial charge < -0.3 is 19.3 Å². The summed E-state index contributed by atoms with van der Waals surface area (Å²) in [5, 5.41) is 10.0. The van der Waals surface area contributed by atoms with Gasteiger partial charge in [0.1, 0.15) is 12.4 Å². The van der Waals surface area contributed by atoms with Gasteiger partial charge in [-0.25, -0.2) is 9.79 Å². The normalized spacial score (nSPS) is 15.1. The van der Waals surface area contributed by atoms with Crippen LogP contribution in [-0.4, -0.2) is 35.5 Å². The number of thiazole rings is 1.